The van der Waals surface area contributed by atoms with Crippen molar-refractivity contribution in [3.63, 3.8) is 0 Å². The van der Waals surface area contributed by atoms with Crippen molar-refractivity contribution in [2.75, 3.05) is 20.1 Å². The average molecular weight is 238 g/mol. The van der Waals surface area contributed by atoms with Crippen molar-refractivity contribution in [1.82, 2.24) is 4.90 Å². The SMILES string of the molecule is CCCCCN(C)C(CN)c1ccccc1F. The van der Waals surface area contributed by atoms with Gasteiger partial charge in [-0.2, -0.15) is 0 Å². The summed E-state index contributed by atoms with van der Waals surface area (Å²) in [7, 11) is 2.01. The number of nitrogens with zero attached hydrogens (tertiary/aromatic N) is 1. The molecule has 1 aromatic rings. The van der Waals surface area contributed by atoms with E-state index in [1.54, 1.807) is 6.07 Å². The largest absolute Gasteiger partial charge is 0.329 e. The van der Waals surface area contributed by atoms with Gasteiger partial charge < -0.3 is 5.73 Å². The van der Waals surface area contributed by atoms with Gasteiger partial charge in [-0.1, -0.05) is 38.0 Å². The van der Waals surface area contributed by atoms with Gasteiger partial charge in [0.1, 0.15) is 5.82 Å². The van der Waals surface area contributed by atoms with Crippen molar-refractivity contribution in [2.24, 2.45) is 5.73 Å². The first-order valence-corrected chi connectivity index (χ1v) is 6.35. The van der Waals surface area contributed by atoms with Crippen LogP contribution in [0.5, 0.6) is 0 Å². The summed E-state index contributed by atoms with van der Waals surface area (Å²) >= 11 is 0. The molecule has 0 heterocycles. The third kappa shape index (κ3) is 4.10. The summed E-state index contributed by atoms with van der Waals surface area (Å²) in [6, 6.07) is 6.87. The zero-order chi connectivity index (χ0) is 12.7. The van der Waals surface area contributed by atoms with Crippen molar-refractivity contribution >= 4 is 0 Å². The second-order valence-corrected chi connectivity index (χ2v) is 4.46. The molecule has 0 aliphatic heterocycles. The van der Waals surface area contributed by atoms with Crippen LogP contribution in [-0.2, 0) is 0 Å². The van der Waals surface area contributed by atoms with Gasteiger partial charge >= 0.3 is 0 Å². The van der Waals surface area contributed by atoms with E-state index in [2.05, 4.69) is 11.8 Å². The lowest BCUT2D eigenvalue weighted by atomic mass is 10.0. The number of hydrogen-bond acceptors (Lipinski definition) is 2. The molecular weight excluding hydrogens is 215 g/mol. The summed E-state index contributed by atoms with van der Waals surface area (Å²) < 4.78 is 13.7. The van der Waals surface area contributed by atoms with E-state index in [4.69, 9.17) is 5.73 Å². The van der Waals surface area contributed by atoms with Crippen LogP contribution in [0.25, 0.3) is 0 Å². The Labute approximate surface area is 104 Å². The summed E-state index contributed by atoms with van der Waals surface area (Å²) in [5.41, 5.74) is 6.47. The van der Waals surface area contributed by atoms with Crippen LogP contribution in [0.1, 0.15) is 37.8 Å². The number of halogens is 1. The Bertz CT molecular complexity index is 328. The molecule has 2 nitrogen and oxygen atoms in total. The summed E-state index contributed by atoms with van der Waals surface area (Å²) in [6.07, 6.45) is 3.54. The predicted octanol–water partition coefficient (Wildman–Crippen LogP) is 2.95. The van der Waals surface area contributed by atoms with Crippen LogP contribution in [-0.4, -0.2) is 25.0 Å². The molecule has 0 amide bonds. The molecule has 3 heteroatoms. The van der Waals surface area contributed by atoms with Crippen LogP contribution in [0.4, 0.5) is 4.39 Å². The maximum Gasteiger partial charge on any atom is 0.128 e. The topological polar surface area (TPSA) is 29.3 Å². The third-order valence-electron chi connectivity index (χ3n) is 3.13. The maximum absolute atomic E-state index is 13.7. The molecule has 0 saturated heterocycles. The highest BCUT2D eigenvalue weighted by molar-refractivity contribution is 5.21. The molecule has 1 rings (SSSR count). The molecule has 17 heavy (non-hydrogen) atoms. The maximum atomic E-state index is 13.7. The van der Waals surface area contributed by atoms with Gasteiger partial charge in [0.05, 0.1) is 0 Å². The smallest absolute Gasteiger partial charge is 0.128 e. The van der Waals surface area contributed by atoms with Gasteiger partial charge in [-0.05, 0) is 26.1 Å². The monoisotopic (exact) mass is 238 g/mol. The highest BCUT2D eigenvalue weighted by Gasteiger charge is 2.17. The number of benzene rings is 1. The predicted molar refractivity (Wildman–Crippen MR) is 70.4 cm³/mol. The van der Waals surface area contributed by atoms with Crippen LogP contribution >= 0.6 is 0 Å². The standard InChI is InChI=1S/C14H23FN2/c1-3-4-7-10-17(2)14(11-16)12-8-5-6-9-13(12)15/h5-6,8-9,14H,3-4,7,10-11,16H2,1-2H3. The lowest BCUT2D eigenvalue weighted by Crippen LogP contribution is -2.32. The fraction of sp³-hybridized carbons (Fsp3) is 0.571. The lowest BCUT2D eigenvalue weighted by Gasteiger charge is -2.27. The highest BCUT2D eigenvalue weighted by Crippen LogP contribution is 2.21. The minimum atomic E-state index is -0.162. The van der Waals surface area contributed by atoms with Crippen molar-refractivity contribution in [3.05, 3.63) is 35.6 Å². The van der Waals surface area contributed by atoms with Crippen LogP contribution in [0, 0.1) is 5.82 Å². The first-order valence-electron chi connectivity index (χ1n) is 6.35. The van der Waals surface area contributed by atoms with Crippen LogP contribution in [0.2, 0.25) is 0 Å². The third-order valence-corrected chi connectivity index (χ3v) is 3.13. The van der Waals surface area contributed by atoms with E-state index in [1.807, 2.05) is 19.2 Å². The fourth-order valence-electron chi connectivity index (χ4n) is 2.06. The van der Waals surface area contributed by atoms with Gasteiger partial charge in [0, 0.05) is 18.2 Å². The summed E-state index contributed by atoms with van der Waals surface area (Å²) in [4.78, 5) is 2.15. The molecule has 0 spiro atoms. The van der Waals surface area contributed by atoms with Gasteiger partial charge in [-0.15, -0.1) is 0 Å². The quantitative estimate of drug-likeness (QED) is 0.740. The molecule has 1 unspecified atom stereocenters. The van der Waals surface area contributed by atoms with Crippen molar-refractivity contribution in [1.29, 1.82) is 0 Å². The molecule has 0 saturated carbocycles. The minimum Gasteiger partial charge on any atom is -0.329 e. The van der Waals surface area contributed by atoms with Crippen LogP contribution < -0.4 is 5.73 Å². The minimum absolute atomic E-state index is 0.0203. The zero-order valence-electron chi connectivity index (χ0n) is 10.8. The molecule has 96 valence electrons. The Balaban J connectivity index is 2.67. The summed E-state index contributed by atoms with van der Waals surface area (Å²) in [6.45, 7) is 3.59. The van der Waals surface area contributed by atoms with Gasteiger partial charge in [0.2, 0.25) is 0 Å². The van der Waals surface area contributed by atoms with Crippen molar-refractivity contribution in [3.8, 4) is 0 Å². The molecule has 2 N–H and O–H groups in total. The van der Waals surface area contributed by atoms with E-state index in [0.717, 1.165) is 13.0 Å². The van der Waals surface area contributed by atoms with Crippen molar-refractivity contribution in [2.45, 2.75) is 32.2 Å². The van der Waals surface area contributed by atoms with Gasteiger partial charge in [-0.25, -0.2) is 4.39 Å². The lowest BCUT2D eigenvalue weighted by molar-refractivity contribution is 0.240. The first-order chi connectivity index (χ1) is 8.20. The van der Waals surface area contributed by atoms with E-state index < -0.39 is 0 Å². The van der Waals surface area contributed by atoms with Gasteiger partial charge in [0.15, 0.2) is 0 Å². The molecular formula is C14H23FN2. The van der Waals surface area contributed by atoms with E-state index in [1.165, 1.54) is 18.9 Å². The Hall–Kier alpha value is -0.930. The second kappa shape index (κ2) is 7.41. The van der Waals surface area contributed by atoms with Gasteiger partial charge in [-0.3, -0.25) is 4.90 Å². The second-order valence-electron chi connectivity index (χ2n) is 4.46. The molecule has 1 aromatic carbocycles. The van der Waals surface area contributed by atoms with Crippen LogP contribution in [0.3, 0.4) is 0 Å². The first kappa shape index (κ1) is 14.1. The zero-order valence-corrected chi connectivity index (χ0v) is 10.8. The number of rotatable bonds is 7. The molecule has 1 atom stereocenters. The van der Waals surface area contributed by atoms with E-state index in [0.29, 0.717) is 12.1 Å². The molecule has 0 aliphatic rings. The number of nitrogens with two attached hydrogens (primary N) is 1. The van der Waals surface area contributed by atoms with Crippen LogP contribution in [0.15, 0.2) is 24.3 Å². The summed E-state index contributed by atoms with van der Waals surface area (Å²) in [5.74, 6) is -0.162. The highest BCUT2D eigenvalue weighted by atomic mass is 19.1. The fourth-order valence-corrected chi connectivity index (χ4v) is 2.06. The van der Waals surface area contributed by atoms with Crippen molar-refractivity contribution < 1.29 is 4.39 Å². The Kier molecular flexibility index (Phi) is 6.16. The van der Waals surface area contributed by atoms with E-state index in [-0.39, 0.29) is 11.9 Å². The normalized spacial score (nSPS) is 13.0. The Morgan fingerprint density at radius 1 is 1.29 bits per heavy atom. The Morgan fingerprint density at radius 3 is 2.59 bits per heavy atom. The molecule has 0 aliphatic carbocycles. The molecule has 0 radical (unpaired) electrons. The Morgan fingerprint density at radius 2 is 2.00 bits per heavy atom. The molecule has 0 bridgehead atoms. The number of likely N-dealkylation sites (N-methyl/N-ethyl adjacent to an activating group) is 1. The average Bonchev–Trinajstić information content (AvgIpc) is 2.33. The molecule has 0 aromatic heterocycles. The number of hydrogen-bond donors (Lipinski definition) is 1. The summed E-state index contributed by atoms with van der Waals surface area (Å²) in [5, 5.41) is 0. The van der Waals surface area contributed by atoms with E-state index in [9.17, 15) is 4.39 Å². The van der Waals surface area contributed by atoms with Gasteiger partial charge in [0.25, 0.3) is 0 Å². The number of unbranched alkanes of at least 4 members (excludes halogenated alkanes) is 2. The van der Waals surface area contributed by atoms with E-state index >= 15 is 0 Å². The molecule has 0 fully saturated rings.